The third-order valence-corrected chi connectivity index (χ3v) is 7.74. The van der Waals surface area contributed by atoms with E-state index < -0.39 is 11.7 Å². The molecule has 0 N–H and O–H groups in total. The third-order valence-electron chi connectivity index (χ3n) is 6.64. The van der Waals surface area contributed by atoms with Crippen LogP contribution in [0.15, 0.2) is 46.2 Å². The minimum absolute atomic E-state index is 0.252. The van der Waals surface area contributed by atoms with Crippen LogP contribution >= 0.6 is 11.8 Å². The number of likely N-dealkylation sites (tertiary alicyclic amines) is 1. The predicted molar refractivity (Wildman–Crippen MR) is 114 cm³/mol. The van der Waals surface area contributed by atoms with E-state index in [0.717, 1.165) is 55.4 Å². The highest BCUT2D eigenvalue weighted by Crippen LogP contribution is 2.64. The van der Waals surface area contributed by atoms with Gasteiger partial charge >= 0.3 is 6.18 Å². The molecule has 3 heterocycles. The number of hydrogen-bond acceptors (Lipinski definition) is 6. The van der Waals surface area contributed by atoms with E-state index in [0.29, 0.717) is 17.5 Å². The van der Waals surface area contributed by atoms with E-state index >= 15 is 0 Å². The first-order valence-corrected chi connectivity index (χ1v) is 11.7. The second kappa shape index (κ2) is 8.22. The molecule has 32 heavy (non-hydrogen) atoms. The lowest BCUT2D eigenvalue weighted by atomic mass is 9.97. The largest absolute Gasteiger partial charge is 0.416 e. The molecule has 1 saturated carbocycles. The summed E-state index contributed by atoms with van der Waals surface area (Å²) in [6.45, 7) is 3.10. The molecule has 1 aromatic carbocycles. The van der Waals surface area contributed by atoms with Crippen molar-refractivity contribution in [1.82, 2.24) is 24.8 Å². The Kier molecular flexibility index (Phi) is 5.53. The summed E-state index contributed by atoms with van der Waals surface area (Å²) >= 11 is 1.67. The highest BCUT2D eigenvalue weighted by molar-refractivity contribution is 7.99. The highest BCUT2D eigenvalue weighted by atomic mass is 32.2. The predicted octanol–water partition coefficient (Wildman–Crippen LogP) is 4.85. The van der Waals surface area contributed by atoms with E-state index in [9.17, 15) is 13.2 Å². The summed E-state index contributed by atoms with van der Waals surface area (Å²) in [5.74, 6) is 2.59. The molecule has 2 aromatic heterocycles. The van der Waals surface area contributed by atoms with Gasteiger partial charge in [-0.2, -0.15) is 13.2 Å². The first kappa shape index (κ1) is 21.5. The van der Waals surface area contributed by atoms with E-state index in [1.54, 1.807) is 36.2 Å². The third kappa shape index (κ3) is 4.17. The van der Waals surface area contributed by atoms with Gasteiger partial charge in [0.05, 0.1) is 11.8 Å². The molecule has 170 valence electrons. The topological polar surface area (TPSA) is 60.0 Å². The van der Waals surface area contributed by atoms with Crippen LogP contribution < -0.4 is 0 Å². The van der Waals surface area contributed by atoms with Crippen molar-refractivity contribution in [1.29, 1.82) is 0 Å². The Morgan fingerprint density at radius 3 is 2.72 bits per heavy atom. The number of rotatable bonds is 7. The van der Waals surface area contributed by atoms with E-state index in [2.05, 4.69) is 20.3 Å². The Hall–Kier alpha value is -2.33. The fraction of sp³-hybridized carbons (Fsp3) is 0.500. The minimum Gasteiger partial charge on any atom is -0.353 e. The van der Waals surface area contributed by atoms with Gasteiger partial charge in [0.15, 0.2) is 5.16 Å². The summed E-state index contributed by atoms with van der Waals surface area (Å²) in [4.78, 5) is 2.49. The van der Waals surface area contributed by atoms with Crippen molar-refractivity contribution in [2.45, 2.75) is 36.5 Å². The standard InChI is InChI=1S/C22H24F3N5OS/c1-29-19(18-7-9-26-31-18)27-28-20(29)32-12-2-10-30-11-8-21(14-30)13-17(21)15-3-5-16(6-4-15)22(23,24)25/h3-7,9,17H,2,8,10-14H2,1H3/t17?,21-/m1/s1. The van der Waals surface area contributed by atoms with Gasteiger partial charge in [-0.15, -0.1) is 10.2 Å². The summed E-state index contributed by atoms with van der Waals surface area (Å²) in [6, 6.07) is 7.51. The van der Waals surface area contributed by atoms with Crippen LogP contribution in [0.3, 0.4) is 0 Å². The number of aromatic nitrogens is 4. The Morgan fingerprint density at radius 1 is 1.19 bits per heavy atom. The lowest BCUT2D eigenvalue weighted by Crippen LogP contribution is -2.23. The Labute approximate surface area is 188 Å². The lowest BCUT2D eigenvalue weighted by Gasteiger charge is -2.16. The van der Waals surface area contributed by atoms with Crippen LogP contribution in [0.25, 0.3) is 11.6 Å². The van der Waals surface area contributed by atoms with Crippen LogP contribution in [0, 0.1) is 5.41 Å². The van der Waals surface area contributed by atoms with Gasteiger partial charge in [-0.1, -0.05) is 29.1 Å². The molecule has 2 aliphatic rings. The highest BCUT2D eigenvalue weighted by Gasteiger charge is 2.57. The van der Waals surface area contributed by atoms with Crippen LogP contribution in [-0.2, 0) is 13.2 Å². The first-order chi connectivity index (χ1) is 15.4. The molecule has 2 fully saturated rings. The normalized spacial score (nSPS) is 23.3. The number of benzene rings is 1. The Bertz CT molecular complexity index is 1070. The zero-order valence-electron chi connectivity index (χ0n) is 17.7. The molecule has 6 nitrogen and oxygen atoms in total. The molecule has 3 aromatic rings. The number of hydrogen-bond donors (Lipinski definition) is 0. The van der Waals surface area contributed by atoms with Crippen LogP contribution in [0.1, 0.15) is 36.3 Å². The SMILES string of the molecule is Cn1c(SCCCN2CC[C@@]3(CC3c3ccc(C(F)(F)F)cc3)C2)nnc1-c1ccno1. The molecule has 2 atom stereocenters. The first-order valence-electron chi connectivity index (χ1n) is 10.7. The lowest BCUT2D eigenvalue weighted by molar-refractivity contribution is -0.137. The summed E-state index contributed by atoms with van der Waals surface area (Å²) in [6.07, 6.45) is 0.547. The fourth-order valence-electron chi connectivity index (χ4n) is 4.79. The van der Waals surface area contributed by atoms with E-state index in [1.165, 1.54) is 12.1 Å². The van der Waals surface area contributed by atoms with Crippen molar-refractivity contribution < 1.29 is 17.7 Å². The molecule has 0 bridgehead atoms. The Morgan fingerprint density at radius 2 is 2.00 bits per heavy atom. The smallest absolute Gasteiger partial charge is 0.353 e. The molecule has 10 heteroatoms. The number of thioether (sulfide) groups is 1. The number of alkyl halides is 3. The van der Waals surface area contributed by atoms with Gasteiger partial charge in [-0.25, -0.2) is 0 Å². The van der Waals surface area contributed by atoms with E-state index in [4.69, 9.17) is 4.52 Å². The maximum Gasteiger partial charge on any atom is 0.416 e. The average Bonchev–Trinajstić information content (AvgIpc) is 3.16. The van der Waals surface area contributed by atoms with Gasteiger partial charge in [0, 0.05) is 25.4 Å². The van der Waals surface area contributed by atoms with Crippen LogP contribution in [-0.4, -0.2) is 50.2 Å². The molecule has 1 spiro atoms. The van der Waals surface area contributed by atoms with Crippen molar-refractivity contribution in [2.24, 2.45) is 12.5 Å². The van der Waals surface area contributed by atoms with Crippen molar-refractivity contribution >= 4 is 11.8 Å². The van der Waals surface area contributed by atoms with Crippen LogP contribution in [0.2, 0.25) is 0 Å². The molecule has 1 unspecified atom stereocenters. The van der Waals surface area contributed by atoms with Gasteiger partial charge in [0.25, 0.3) is 0 Å². The molecule has 1 aliphatic carbocycles. The number of halogens is 3. The molecule has 1 saturated heterocycles. The van der Waals surface area contributed by atoms with E-state index in [-0.39, 0.29) is 5.41 Å². The molecular weight excluding hydrogens is 439 g/mol. The molecule has 5 rings (SSSR count). The molecular formula is C22H24F3N5OS. The summed E-state index contributed by atoms with van der Waals surface area (Å²) in [5.41, 5.74) is 0.722. The van der Waals surface area contributed by atoms with E-state index in [1.807, 2.05) is 11.6 Å². The summed E-state index contributed by atoms with van der Waals surface area (Å²) in [5, 5.41) is 13.0. The summed E-state index contributed by atoms with van der Waals surface area (Å²) < 4.78 is 45.5. The molecule has 0 amide bonds. The van der Waals surface area contributed by atoms with Gasteiger partial charge in [0.1, 0.15) is 0 Å². The minimum atomic E-state index is -4.27. The van der Waals surface area contributed by atoms with Gasteiger partial charge in [-0.05, 0) is 61.4 Å². The maximum atomic E-state index is 12.8. The monoisotopic (exact) mass is 463 g/mol. The Balaban J connectivity index is 1.08. The second-order valence-electron chi connectivity index (χ2n) is 8.71. The zero-order chi connectivity index (χ0) is 22.3. The van der Waals surface area contributed by atoms with Crippen molar-refractivity contribution in [2.75, 3.05) is 25.4 Å². The number of nitrogens with zero attached hydrogens (tertiary/aromatic N) is 5. The van der Waals surface area contributed by atoms with Gasteiger partial charge in [0.2, 0.25) is 11.6 Å². The fourth-order valence-corrected chi connectivity index (χ4v) is 5.62. The van der Waals surface area contributed by atoms with Crippen LogP contribution in [0.4, 0.5) is 13.2 Å². The maximum absolute atomic E-state index is 12.8. The zero-order valence-corrected chi connectivity index (χ0v) is 18.5. The quantitative estimate of drug-likeness (QED) is 0.369. The second-order valence-corrected chi connectivity index (χ2v) is 9.77. The average molecular weight is 464 g/mol. The molecule has 1 aliphatic heterocycles. The van der Waals surface area contributed by atoms with Gasteiger partial charge < -0.3 is 14.0 Å². The molecule has 0 radical (unpaired) electrons. The van der Waals surface area contributed by atoms with Crippen molar-refractivity contribution in [3.8, 4) is 11.6 Å². The summed E-state index contributed by atoms with van der Waals surface area (Å²) in [7, 11) is 1.92. The van der Waals surface area contributed by atoms with Crippen molar-refractivity contribution in [3.63, 3.8) is 0 Å². The van der Waals surface area contributed by atoms with Gasteiger partial charge in [-0.3, -0.25) is 0 Å². The van der Waals surface area contributed by atoms with Crippen molar-refractivity contribution in [3.05, 3.63) is 47.7 Å². The van der Waals surface area contributed by atoms with Crippen LogP contribution in [0.5, 0.6) is 0 Å².